The number of ether oxygens (including phenoxy) is 1. The van der Waals surface area contributed by atoms with E-state index in [-0.39, 0.29) is 11.7 Å². The fraction of sp³-hybridized carbons (Fsp3) is 0.375. The smallest absolute Gasteiger partial charge is 0.185 e. The highest BCUT2D eigenvalue weighted by atomic mass is 79.9. The van der Waals surface area contributed by atoms with E-state index < -0.39 is 0 Å². The lowest BCUT2D eigenvalue weighted by molar-refractivity contribution is 0.0950. The van der Waals surface area contributed by atoms with Gasteiger partial charge in [-0.15, -0.1) is 0 Å². The Labute approximate surface area is 132 Å². The number of hydrogen-bond donors (Lipinski definition) is 0. The maximum atomic E-state index is 12.7. The van der Waals surface area contributed by atoms with Crippen LogP contribution in [0.3, 0.4) is 0 Å². The molecule has 0 aliphatic heterocycles. The Morgan fingerprint density at radius 3 is 2.90 bits per heavy atom. The Hall–Kier alpha value is -1.46. The van der Waals surface area contributed by atoms with Crippen molar-refractivity contribution < 1.29 is 9.53 Å². The van der Waals surface area contributed by atoms with E-state index in [1.807, 2.05) is 18.2 Å². The average molecular weight is 349 g/mol. The Balaban J connectivity index is 1.77. The summed E-state index contributed by atoms with van der Waals surface area (Å²) in [6.07, 6.45) is 2.60. The van der Waals surface area contributed by atoms with Gasteiger partial charge in [0.25, 0.3) is 0 Å². The number of ketones is 1. The van der Waals surface area contributed by atoms with Crippen LogP contribution >= 0.6 is 15.9 Å². The minimum absolute atomic E-state index is 0.0710. The third-order valence-corrected chi connectivity index (χ3v) is 4.47. The van der Waals surface area contributed by atoms with E-state index in [1.54, 1.807) is 18.0 Å². The van der Waals surface area contributed by atoms with Gasteiger partial charge in [0.2, 0.25) is 0 Å². The third-order valence-electron chi connectivity index (χ3n) is 3.89. The molecule has 1 heterocycles. The molecule has 1 saturated carbocycles. The molecule has 3 rings (SSSR count). The van der Waals surface area contributed by atoms with Crippen molar-refractivity contribution in [2.75, 3.05) is 13.7 Å². The average Bonchev–Trinajstić information content (AvgIpc) is 3.23. The lowest BCUT2D eigenvalue weighted by atomic mass is 10.1. The van der Waals surface area contributed by atoms with Crippen molar-refractivity contribution in [2.45, 2.75) is 18.9 Å². The summed E-state index contributed by atoms with van der Waals surface area (Å²) in [6, 6.07) is 10.2. The van der Waals surface area contributed by atoms with Crippen LogP contribution in [0.25, 0.3) is 0 Å². The maximum absolute atomic E-state index is 12.7. The van der Waals surface area contributed by atoms with E-state index >= 15 is 0 Å². The fourth-order valence-corrected chi connectivity index (χ4v) is 3.18. The van der Waals surface area contributed by atoms with Gasteiger partial charge in [0, 0.05) is 13.0 Å². The molecule has 0 radical (unpaired) electrons. The molecule has 0 saturated heterocycles. The zero-order chi connectivity index (χ0) is 14.8. The topological polar surface area (TPSA) is 44.1 Å². The van der Waals surface area contributed by atoms with Crippen molar-refractivity contribution in [3.8, 4) is 0 Å². The Morgan fingerprint density at radius 2 is 2.19 bits per heavy atom. The molecule has 0 N–H and O–H groups in total. The summed E-state index contributed by atoms with van der Waals surface area (Å²) in [5.74, 6) is 0.586. The molecule has 1 aliphatic rings. The number of carbonyl (C=O) groups excluding carboxylic acids is 1. The number of methoxy groups -OCH3 is 1. The molecule has 4 nitrogen and oxygen atoms in total. The molecule has 2 atom stereocenters. The first-order chi connectivity index (χ1) is 10.2. The molecule has 5 heteroatoms. The zero-order valence-corrected chi connectivity index (χ0v) is 13.4. The van der Waals surface area contributed by atoms with E-state index in [9.17, 15) is 4.79 Å². The van der Waals surface area contributed by atoms with Crippen molar-refractivity contribution >= 4 is 21.7 Å². The highest BCUT2D eigenvalue weighted by Gasteiger charge is 2.45. The molecule has 1 aromatic carbocycles. The van der Waals surface area contributed by atoms with Gasteiger partial charge in [-0.05, 0) is 33.8 Å². The molecule has 2 aromatic rings. The number of halogens is 1. The SMILES string of the molecule is COCCn1ncc(Br)c1C(=O)C1CC1c1ccccc1. The molecule has 0 bridgehead atoms. The van der Waals surface area contributed by atoms with Crippen LogP contribution in [0.15, 0.2) is 41.0 Å². The van der Waals surface area contributed by atoms with Gasteiger partial charge in [0.1, 0.15) is 5.69 Å². The molecule has 0 amide bonds. The van der Waals surface area contributed by atoms with E-state index in [2.05, 4.69) is 33.2 Å². The van der Waals surface area contributed by atoms with Gasteiger partial charge in [-0.1, -0.05) is 30.3 Å². The number of carbonyl (C=O) groups is 1. The molecule has 21 heavy (non-hydrogen) atoms. The van der Waals surface area contributed by atoms with Gasteiger partial charge in [-0.25, -0.2) is 0 Å². The largest absolute Gasteiger partial charge is 0.383 e. The van der Waals surface area contributed by atoms with Crippen LogP contribution in [-0.4, -0.2) is 29.3 Å². The highest BCUT2D eigenvalue weighted by Crippen LogP contribution is 2.49. The maximum Gasteiger partial charge on any atom is 0.185 e. The third kappa shape index (κ3) is 2.94. The zero-order valence-electron chi connectivity index (χ0n) is 11.8. The Kier molecular flexibility index (Phi) is 4.22. The van der Waals surface area contributed by atoms with Crippen LogP contribution in [0.2, 0.25) is 0 Å². The number of benzene rings is 1. The van der Waals surface area contributed by atoms with Crippen LogP contribution in [0.4, 0.5) is 0 Å². The molecule has 1 aromatic heterocycles. The second-order valence-corrected chi connectivity index (χ2v) is 6.14. The highest BCUT2D eigenvalue weighted by molar-refractivity contribution is 9.10. The lowest BCUT2D eigenvalue weighted by Crippen LogP contribution is -2.15. The van der Waals surface area contributed by atoms with E-state index in [0.29, 0.717) is 24.8 Å². The predicted molar refractivity (Wildman–Crippen MR) is 83.4 cm³/mol. The Bertz CT molecular complexity index is 639. The van der Waals surface area contributed by atoms with Gasteiger partial charge in [0.15, 0.2) is 5.78 Å². The standard InChI is InChI=1S/C16H17BrN2O2/c1-21-8-7-19-15(14(17)10-18-19)16(20)13-9-12(13)11-5-3-2-4-6-11/h2-6,10,12-13H,7-9H2,1H3. The first kappa shape index (κ1) is 14.5. The monoisotopic (exact) mass is 348 g/mol. The first-order valence-corrected chi connectivity index (χ1v) is 7.81. The van der Waals surface area contributed by atoms with E-state index in [4.69, 9.17) is 4.74 Å². The molecule has 1 fully saturated rings. The van der Waals surface area contributed by atoms with Gasteiger partial charge in [0.05, 0.1) is 23.8 Å². The predicted octanol–water partition coefficient (Wildman–Crippen LogP) is 3.28. The van der Waals surface area contributed by atoms with E-state index in [0.717, 1.165) is 10.9 Å². The number of Topliss-reactive ketones (excluding diaryl/α,β-unsaturated/α-hetero) is 1. The van der Waals surface area contributed by atoms with Gasteiger partial charge in [-0.3, -0.25) is 9.48 Å². The Morgan fingerprint density at radius 1 is 1.43 bits per heavy atom. The van der Waals surface area contributed by atoms with Crippen LogP contribution in [0.5, 0.6) is 0 Å². The summed E-state index contributed by atoms with van der Waals surface area (Å²) in [4.78, 5) is 12.7. The number of hydrogen-bond acceptors (Lipinski definition) is 3. The molecule has 2 unspecified atom stereocenters. The van der Waals surface area contributed by atoms with Gasteiger partial charge >= 0.3 is 0 Å². The van der Waals surface area contributed by atoms with Crippen LogP contribution < -0.4 is 0 Å². The summed E-state index contributed by atoms with van der Waals surface area (Å²) in [5, 5.41) is 4.25. The summed E-state index contributed by atoms with van der Waals surface area (Å²) in [7, 11) is 1.65. The van der Waals surface area contributed by atoms with Crippen molar-refractivity contribution in [1.29, 1.82) is 0 Å². The quantitative estimate of drug-likeness (QED) is 0.752. The van der Waals surface area contributed by atoms with Crippen LogP contribution in [0, 0.1) is 5.92 Å². The second kappa shape index (κ2) is 6.12. The molecule has 1 aliphatic carbocycles. The molecular formula is C16H17BrN2O2. The van der Waals surface area contributed by atoms with Crippen LogP contribution in [-0.2, 0) is 11.3 Å². The molecular weight excluding hydrogens is 332 g/mol. The summed E-state index contributed by atoms with van der Waals surface area (Å²) >= 11 is 3.44. The minimum Gasteiger partial charge on any atom is -0.383 e. The lowest BCUT2D eigenvalue weighted by Gasteiger charge is -2.07. The van der Waals surface area contributed by atoms with E-state index in [1.165, 1.54) is 5.56 Å². The molecule has 110 valence electrons. The van der Waals surface area contributed by atoms with Crippen molar-refractivity contribution in [1.82, 2.24) is 9.78 Å². The number of aromatic nitrogens is 2. The van der Waals surface area contributed by atoms with Gasteiger partial charge in [-0.2, -0.15) is 5.10 Å². The fourth-order valence-electron chi connectivity index (χ4n) is 2.68. The normalized spacial score (nSPS) is 20.5. The molecule has 0 spiro atoms. The first-order valence-electron chi connectivity index (χ1n) is 7.01. The van der Waals surface area contributed by atoms with Crippen molar-refractivity contribution in [2.24, 2.45) is 5.92 Å². The number of rotatable bonds is 6. The summed E-state index contributed by atoms with van der Waals surface area (Å²) in [6.45, 7) is 1.13. The van der Waals surface area contributed by atoms with Crippen LogP contribution in [0.1, 0.15) is 28.4 Å². The van der Waals surface area contributed by atoms with Gasteiger partial charge < -0.3 is 4.74 Å². The minimum atomic E-state index is 0.0710. The second-order valence-electron chi connectivity index (χ2n) is 5.28. The summed E-state index contributed by atoms with van der Waals surface area (Å²) < 4.78 is 7.57. The summed E-state index contributed by atoms with van der Waals surface area (Å²) in [5.41, 5.74) is 1.91. The van der Waals surface area contributed by atoms with Crippen molar-refractivity contribution in [3.05, 3.63) is 52.3 Å². The van der Waals surface area contributed by atoms with Crippen molar-refractivity contribution in [3.63, 3.8) is 0 Å². The number of nitrogens with zero attached hydrogens (tertiary/aromatic N) is 2.